The minimum atomic E-state index is 0. The Morgan fingerprint density at radius 1 is 1.50 bits per heavy atom. The number of rotatable bonds is 0. The van der Waals surface area contributed by atoms with Gasteiger partial charge in [0.15, 0.2) is 0 Å². The van der Waals surface area contributed by atoms with Crippen LogP contribution >= 0.6 is 17.0 Å². The van der Waals surface area contributed by atoms with Crippen molar-refractivity contribution in [1.29, 1.82) is 0 Å². The maximum atomic E-state index is 4.15. The summed E-state index contributed by atoms with van der Waals surface area (Å²) in [7, 11) is 0. The van der Waals surface area contributed by atoms with Crippen molar-refractivity contribution in [3.63, 3.8) is 0 Å². The van der Waals surface area contributed by atoms with Crippen LogP contribution < -0.4 is 5.48 Å². The van der Waals surface area contributed by atoms with Crippen molar-refractivity contribution >= 4 is 17.0 Å². The molecule has 0 amide bonds. The van der Waals surface area contributed by atoms with E-state index in [1.165, 1.54) is 6.26 Å². The van der Waals surface area contributed by atoms with Gasteiger partial charge in [-0.25, -0.2) is 5.48 Å². The Balaban J connectivity index is 0.000000250. The summed E-state index contributed by atoms with van der Waals surface area (Å²) >= 11 is 0. The molecule has 6 heavy (non-hydrogen) atoms. The predicted molar refractivity (Wildman–Crippen MR) is 24.8 cm³/mol. The number of hydrogen-bond acceptors (Lipinski definition) is 3. The molecule has 0 bridgehead atoms. The molecule has 4 heteroatoms. The maximum absolute atomic E-state index is 4.15. The van der Waals surface area contributed by atoms with E-state index >= 15 is 0 Å². The molecule has 0 spiro atoms. The highest BCUT2D eigenvalue weighted by Gasteiger charge is 1.81. The van der Waals surface area contributed by atoms with Gasteiger partial charge in [0.25, 0.3) is 0 Å². The Bertz CT molecular complexity index is 49.5. The van der Waals surface area contributed by atoms with E-state index in [4.69, 9.17) is 0 Å². The van der Waals surface area contributed by atoms with Crippen LogP contribution in [0.25, 0.3) is 0 Å². The Labute approximate surface area is 45.6 Å². The molecule has 1 N–H and O–H groups in total. The topological polar surface area (TPSA) is 30.5 Å². The standard InChI is InChI=1S/C2H3NO2.BrH/c1-2-4-5-3-1;/h1-3H;1H. The lowest BCUT2D eigenvalue weighted by Crippen LogP contribution is -1.94. The van der Waals surface area contributed by atoms with Gasteiger partial charge in [-0.2, -0.15) is 0 Å². The van der Waals surface area contributed by atoms with Crippen LogP contribution in [-0.4, -0.2) is 0 Å². The van der Waals surface area contributed by atoms with Gasteiger partial charge in [0, 0.05) is 0 Å². The van der Waals surface area contributed by atoms with Crippen molar-refractivity contribution in [1.82, 2.24) is 5.48 Å². The highest BCUT2D eigenvalue weighted by atomic mass is 79.9. The SMILES string of the molecule is Br.C1=COON1. The number of halogens is 1. The molecule has 1 aliphatic rings. The van der Waals surface area contributed by atoms with E-state index in [9.17, 15) is 0 Å². The first-order valence-electron chi connectivity index (χ1n) is 1.23. The highest BCUT2D eigenvalue weighted by Crippen LogP contribution is 1.80. The second kappa shape index (κ2) is 2.99. The van der Waals surface area contributed by atoms with Crippen molar-refractivity contribution < 1.29 is 9.88 Å². The first-order valence-corrected chi connectivity index (χ1v) is 1.23. The van der Waals surface area contributed by atoms with E-state index in [0.717, 1.165) is 0 Å². The molecule has 1 aliphatic heterocycles. The molecule has 3 nitrogen and oxygen atoms in total. The lowest BCUT2D eigenvalue weighted by Gasteiger charge is -1.81. The molecule has 0 saturated heterocycles. The van der Waals surface area contributed by atoms with Gasteiger partial charge in [0.2, 0.25) is 0 Å². The van der Waals surface area contributed by atoms with Crippen LogP contribution in [0.5, 0.6) is 0 Å². The zero-order valence-electron chi connectivity index (χ0n) is 2.88. The van der Waals surface area contributed by atoms with E-state index in [2.05, 4.69) is 15.4 Å². The summed E-state index contributed by atoms with van der Waals surface area (Å²) in [5.74, 6) is 0. The first-order chi connectivity index (χ1) is 2.50. The minimum Gasteiger partial charge on any atom is -0.321 e. The Morgan fingerprint density at radius 3 is 2.50 bits per heavy atom. The van der Waals surface area contributed by atoms with Gasteiger partial charge in [-0.1, -0.05) is 4.99 Å². The molecular formula is C2H4BrNO2. The maximum Gasteiger partial charge on any atom is 0.150 e. The zero-order chi connectivity index (χ0) is 3.54. The molecule has 0 unspecified atom stereocenters. The zero-order valence-corrected chi connectivity index (χ0v) is 4.59. The Morgan fingerprint density at radius 2 is 2.33 bits per heavy atom. The fourth-order valence-corrected chi connectivity index (χ4v) is 0.139. The number of hydroxylamine groups is 1. The monoisotopic (exact) mass is 153 g/mol. The van der Waals surface area contributed by atoms with Crippen molar-refractivity contribution in [3.05, 3.63) is 12.5 Å². The van der Waals surface area contributed by atoms with Crippen LogP contribution in [-0.2, 0) is 9.88 Å². The molecule has 0 atom stereocenters. The van der Waals surface area contributed by atoms with Crippen LogP contribution in [0.4, 0.5) is 0 Å². The lowest BCUT2D eigenvalue weighted by molar-refractivity contribution is -0.264. The minimum absolute atomic E-state index is 0. The molecule has 0 saturated carbocycles. The molecule has 0 aromatic rings. The fourth-order valence-electron chi connectivity index (χ4n) is 0.139. The van der Waals surface area contributed by atoms with Gasteiger partial charge >= 0.3 is 0 Å². The van der Waals surface area contributed by atoms with Gasteiger partial charge < -0.3 is 4.89 Å². The third-order valence-corrected chi connectivity index (χ3v) is 0.288. The summed E-state index contributed by atoms with van der Waals surface area (Å²) in [6, 6.07) is 0. The highest BCUT2D eigenvalue weighted by molar-refractivity contribution is 8.93. The Hall–Kier alpha value is -0.220. The van der Waals surface area contributed by atoms with Crippen molar-refractivity contribution in [2.45, 2.75) is 0 Å². The molecule has 0 fully saturated rings. The summed E-state index contributed by atoms with van der Waals surface area (Å²) in [6.45, 7) is 0. The van der Waals surface area contributed by atoms with E-state index in [-0.39, 0.29) is 17.0 Å². The summed E-state index contributed by atoms with van der Waals surface area (Å²) in [6.07, 6.45) is 2.94. The first kappa shape index (κ1) is 5.78. The van der Waals surface area contributed by atoms with Crippen LogP contribution in [0.1, 0.15) is 0 Å². The van der Waals surface area contributed by atoms with Gasteiger partial charge in [-0.05, 0) is 0 Å². The molecule has 1 rings (SSSR count). The van der Waals surface area contributed by atoms with Gasteiger partial charge in [-0.3, -0.25) is 0 Å². The van der Waals surface area contributed by atoms with E-state index in [1.54, 1.807) is 6.20 Å². The van der Waals surface area contributed by atoms with E-state index in [0.29, 0.717) is 0 Å². The summed E-state index contributed by atoms with van der Waals surface area (Å²) in [4.78, 5) is 8.24. The summed E-state index contributed by atoms with van der Waals surface area (Å²) < 4.78 is 0. The fraction of sp³-hybridized carbons (Fsp3) is 0. The lowest BCUT2D eigenvalue weighted by atomic mass is 11.0. The second-order valence-electron chi connectivity index (χ2n) is 0.600. The van der Waals surface area contributed by atoms with Crippen LogP contribution in [0.3, 0.4) is 0 Å². The third-order valence-electron chi connectivity index (χ3n) is 0.288. The van der Waals surface area contributed by atoms with Crippen molar-refractivity contribution in [2.24, 2.45) is 0 Å². The van der Waals surface area contributed by atoms with Gasteiger partial charge in [-0.15, -0.1) is 17.0 Å². The van der Waals surface area contributed by atoms with Gasteiger partial charge in [0.05, 0.1) is 6.20 Å². The molecule has 1 heterocycles. The summed E-state index contributed by atoms with van der Waals surface area (Å²) in [5, 5.41) is 0. The molecule has 0 radical (unpaired) electrons. The smallest absolute Gasteiger partial charge is 0.150 e. The van der Waals surface area contributed by atoms with E-state index < -0.39 is 0 Å². The quantitative estimate of drug-likeness (QED) is 0.515. The van der Waals surface area contributed by atoms with Crippen LogP contribution in [0.15, 0.2) is 12.5 Å². The average Bonchev–Trinajstić information content (AvgIpc) is 1.76. The van der Waals surface area contributed by atoms with Crippen LogP contribution in [0, 0.1) is 0 Å². The number of nitrogens with one attached hydrogen (secondary N) is 1. The molecule has 36 valence electrons. The average molecular weight is 154 g/mol. The molecule has 0 aromatic heterocycles. The largest absolute Gasteiger partial charge is 0.321 e. The summed E-state index contributed by atoms with van der Waals surface area (Å²) in [5.41, 5.74) is 2.32. The van der Waals surface area contributed by atoms with Crippen molar-refractivity contribution in [3.8, 4) is 0 Å². The van der Waals surface area contributed by atoms with Crippen LogP contribution in [0.2, 0.25) is 0 Å². The predicted octanol–water partition coefficient (Wildman–Crippen LogP) is 0.502. The molecule has 0 aromatic carbocycles. The molecular weight excluding hydrogens is 150 g/mol. The Kier molecular flexibility index (Phi) is 2.88. The normalized spacial score (nSPS) is 14.7. The van der Waals surface area contributed by atoms with Gasteiger partial charge in [0.1, 0.15) is 6.26 Å². The second-order valence-corrected chi connectivity index (χ2v) is 0.600. The number of hydrogen-bond donors (Lipinski definition) is 1. The molecule has 0 aliphatic carbocycles. The third kappa shape index (κ3) is 1.28. The van der Waals surface area contributed by atoms with Crippen molar-refractivity contribution in [2.75, 3.05) is 0 Å². The van der Waals surface area contributed by atoms with E-state index in [1.807, 2.05) is 0 Å².